The summed E-state index contributed by atoms with van der Waals surface area (Å²) >= 11 is 0. The third-order valence-corrected chi connectivity index (χ3v) is 5.98. The lowest BCUT2D eigenvalue weighted by atomic mass is 9.95. The third kappa shape index (κ3) is 2.12. The van der Waals surface area contributed by atoms with Gasteiger partial charge in [-0.3, -0.25) is 4.79 Å². The second-order valence-corrected chi connectivity index (χ2v) is 7.20. The number of carbonyl (C=O) groups is 2. The molecule has 1 aliphatic carbocycles. The summed E-state index contributed by atoms with van der Waals surface area (Å²) in [6.07, 6.45) is 4.20. The van der Waals surface area contributed by atoms with Crippen LogP contribution in [0, 0.1) is 0 Å². The molecule has 1 aromatic carbocycles. The molecule has 1 fully saturated rings. The highest BCUT2D eigenvalue weighted by atomic mass is 32.2. The molecule has 112 valence electrons. The van der Waals surface area contributed by atoms with E-state index in [0.717, 1.165) is 29.6 Å². The van der Waals surface area contributed by atoms with Gasteiger partial charge in [0.15, 0.2) is 0 Å². The quantitative estimate of drug-likeness (QED) is 0.900. The molecule has 2 aliphatic rings. The molecule has 1 aromatic rings. The number of carboxylic acid groups (broad SMARTS) is 1. The fourth-order valence-corrected chi connectivity index (χ4v) is 4.90. The van der Waals surface area contributed by atoms with E-state index >= 15 is 0 Å². The molecule has 0 spiro atoms. The molecule has 1 saturated carbocycles. The molecule has 0 aromatic heterocycles. The summed E-state index contributed by atoms with van der Waals surface area (Å²) in [7, 11) is -3.93. The second-order valence-electron chi connectivity index (χ2n) is 5.41. The predicted octanol–water partition coefficient (Wildman–Crippen LogP) is 1.86. The maximum atomic E-state index is 12.6. The van der Waals surface area contributed by atoms with Crippen molar-refractivity contribution in [3.8, 4) is 0 Å². The van der Waals surface area contributed by atoms with Crippen molar-refractivity contribution < 1.29 is 23.1 Å². The fourth-order valence-electron chi connectivity index (χ4n) is 3.06. The lowest BCUT2D eigenvalue weighted by Crippen LogP contribution is -2.40. The van der Waals surface area contributed by atoms with Gasteiger partial charge in [-0.2, -0.15) is 0 Å². The number of amides is 1. The summed E-state index contributed by atoms with van der Waals surface area (Å²) in [6.45, 7) is 0. The van der Waals surface area contributed by atoms with Crippen LogP contribution in [0.5, 0.6) is 0 Å². The van der Waals surface area contributed by atoms with Gasteiger partial charge in [0.25, 0.3) is 15.9 Å². The van der Waals surface area contributed by atoms with Gasteiger partial charge in [0.1, 0.15) is 4.90 Å². The van der Waals surface area contributed by atoms with Crippen LogP contribution in [-0.4, -0.2) is 35.7 Å². The standard InChI is InChI=1S/C14H15NO5S/c16-13-11-7-6-9(14(17)18)8-12(11)21(19,20)15(13)10-4-2-1-3-5-10/h6-8,10H,1-5H2,(H,17,18). The highest BCUT2D eigenvalue weighted by Gasteiger charge is 2.45. The molecule has 1 heterocycles. The molecular formula is C14H15NO5S. The molecule has 6 nitrogen and oxygen atoms in total. The highest BCUT2D eigenvalue weighted by Crippen LogP contribution is 2.36. The molecule has 1 aliphatic heterocycles. The molecule has 0 saturated heterocycles. The number of hydrogen-bond donors (Lipinski definition) is 1. The first-order valence-electron chi connectivity index (χ1n) is 6.89. The molecule has 21 heavy (non-hydrogen) atoms. The van der Waals surface area contributed by atoms with Crippen molar-refractivity contribution in [2.24, 2.45) is 0 Å². The number of sulfonamides is 1. The average Bonchev–Trinajstić information content (AvgIpc) is 2.66. The van der Waals surface area contributed by atoms with Crippen LogP contribution in [-0.2, 0) is 10.0 Å². The molecular weight excluding hydrogens is 294 g/mol. The van der Waals surface area contributed by atoms with E-state index in [1.807, 2.05) is 0 Å². The number of benzene rings is 1. The zero-order chi connectivity index (χ0) is 15.2. The van der Waals surface area contributed by atoms with Crippen molar-refractivity contribution in [3.63, 3.8) is 0 Å². The SMILES string of the molecule is O=C(O)c1ccc2c(c1)S(=O)(=O)N(C1CCCCC1)C2=O. The van der Waals surface area contributed by atoms with Crippen LogP contribution < -0.4 is 0 Å². The first-order valence-corrected chi connectivity index (χ1v) is 8.33. The smallest absolute Gasteiger partial charge is 0.335 e. The Morgan fingerprint density at radius 3 is 2.48 bits per heavy atom. The average molecular weight is 309 g/mol. The minimum atomic E-state index is -3.93. The summed E-state index contributed by atoms with van der Waals surface area (Å²) < 4.78 is 26.1. The number of rotatable bonds is 2. The summed E-state index contributed by atoms with van der Waals surface area (Å²) in [5.74, 6) is -1.74. The van der Waals surface area contributed by atoms with Crippen LogP contribution in [0.15, 0.2) is 23.1 Å². The van der Waals surface area contributed by atoms with Crippen LogP contribution in [0.4, 0.5) is 0 Å². The minimum Gasteiger partial charge on any atom is -0.478 e. The number of hydrogen-bond acceptors (Lipinski definition) is 4. The van der Waals surface area contributed by atoms with Gasteiger partial charge in [0.2, 0.25) is 0 Å². The summed E-state index contributed by atoms with van der Waals surface area (Å²) in [5.41, 5.74) is -0.0545. The van der Waals surface area contributed by atoms with Gasteiger partial charge in [0, 0.05) is 6.04 Å². The van der Waals surface area contributed by atoms with Crippen LogP contribution in [0.25, 0.3) is 0 Å². The van der Waals surface area contributed by atoms with Crippen molar-refractivity contribution >= 4 is 21.9 Å². The number of nitrogens with zero attached hydrogens (tertiary/aromatic N) is 1. The third-order valence-electron chi connectivity index (χ3n) is 4.10. The van der Waals surface area contributed by atoms with Crippen molar-refractivity contribution in [2.45, 2.75) is 43.0 Å². The molecule has 3 rings (SSSR count). The van der Waals surface area contributed by atoms with Gasteiger partial charge < -0.3 is 5.11 Å². The zero-order valence-electron chi connectivity index (χ0n) is 11.3. The minimum absolute atomic E-state index is 0.0746. The van der Waals surface area contributed by atoms with Gasteiger partial charge >= 0.3 is 5.97 Å². The Morgan fingerprint density at radius 1 is 1.19 bits per heavy atom. The predicted molar refractivity (Wildman–Crippen MR) is 73.6 cm³/mol. The van der Waals surface area contributed by atoms with E-state index in [4.69, 9.17) is 5.11 Å². The van der Waals surface area contributed by atoms with E-state index < -0.39 is 21.9 Å². The Balaban J connectivity index is 2.08. The lowest BCUT2D eigenvalue weighted by molar-refractivity contribution is 0.0695. The monoisotopic (exact) mass is 309 g/mol. The van der Waals surface area contributed by atoms with Crippen molar-refractivity contribution in [3.05, 3.63) is 29.3 Å². The van der Waals surface area contributed by atoms with Crippen LogP contribution in [0.3, 0.4) is 0 Å². The van der Waals surface area contributed by atoms with Crippen molar-refractivity contribution in [2.75, 3.05) is 0 Å². The Bertz CT molecular complexity index is 719. The summed E-state index contributed by atoms with van der Waals surface area (Å²) in [4.78, 5) is 23.2. The van der Waals surface area contributed by atoms with E-state index in [1.165, 1.54) is 12.1 Å². The lowest BCUT2D eigenvalue weighted by Gasteiger charge is -2.29. The molecule has 7 heteroatoms. The zero-order valence-corrected chi connectivity index (χ0v) is 12.1. The van der Waals surface area contributed by atoms with E-state index in [2.05, 4.69) is 0 Å². The number of aromatic carboxylic acids is 1. The Morgan fingerprint density at radius 2 is 1.86 bits per heavy atom. The largest absolute Gasteiger partial charge is 0.478 e. The van der Waals surface area contributed by atoms with Crippen LogP contribution >= 0.6 is 0 Å². The Labute approximate surface area is 122 Å². The molecule has 0 atom stereocenters. The van der Waals surface area contributed by atoms with Gasteiger partial charge in [-0.25, -0.2) is 17.5 Å². The molecule has 0 bridgehead atoms. The fraction of sp³-hybridized carbons (Fsp3) is 0.429. The second kappa shape index (κ2) is 4.84. The number of carbonyl (C=O) groups excluding carboxylic acids is 1. The first kappa shape index (κ1) is 14.1. The first-order chi connectivity index (χ1) is 9.93. The molecule has 0 radical (unpaired) electrons. The molecule has 1 N–H and O–H groups in total. The topological polar surface area (TPSA) is 91.8 Å². The number of carboxylic acids is 1. The number of fused-ring (bicyclic) bond motifs is 1. The van der Waals surface area contributed by atoms with Crippen molar-refractivity contribution in [1.29, 1.82) is 0 Å². The normalized spacial score (nSPS) is 21.3. The highest BCUT2D eigenvalue weighted by molar-refractivity contribution is 7.90. The van der Waals surface area contributed by atoms with Gasteiger partial charge in [-0.1, -0.05) is 19.3 Å². The van der Waals surface area contributed by atoms with E-state index in [0.29, 0.717) is 12.8 Å². The maximum Gasteiger partial charge on any atom is 0.335 e. The summed E-state index contributed by atoms with van der Waals surface area (Å²) in [6, 6.07) is 3.32. The van der Waals surface area contributed by atoms with Crippen LogP contribution in [0.2, 0.25) is 0 Å². The Hall–Kier alpha value is -1.89. The van der Waals surface area contributed by atoms with Crippen molar-refractivity contribution in [1.82, 2.24) is 4.31 Å². The van der Waals surface area contributed by atoms with Gasteiger partial charge in [-0.05, 0) is 31.0 Å². The van der Waals surface area contributed by atoms with Crippen LogP contribution in [0.1, 0.15) is 52.8 Å². The molecule has 1 amide bonds. The van der Waals surface area contributed by atoms with E-state index in [-0.39, 0.29) is 22.1 Å². The van der Waals surface area contributed by atoms with E-state index in [9.17, 15) is 18.0 Å². The van der Waals surface area contributed by atoms with E-state index in [1.54, 1.807) is 0 Å². The maximum absolute atomic E-state index is 12.6. The van der Waals surface area contributed by atoms with Gasteiger partial charge in [-0.15, -0.1) is 0 Å². The Kier molecular flexibility index (Phi) is 3.24. The van der Waals surface area contributed by atoms with Gasteiger partial charge in [0.05, 0.1) is 11.1 Å². The summed E-state index contributed by atoms with van der Waals surface area (Å²) in [5, 5.41) is 8.97. The molecule has 0 unspecified atom stereocenters.